The molecule has 0 fully saturated rings. The summed E-state index contributed by atoms with van der Waals surface area (Å²) in [6.45, 7) is 2.16. The average molecular weight is 330 g/mol. The fraction of sp³-hybridized carbons (Fsp3) is 0.176. The molecule has 0 saturated heterocycles. The molecule has 0 atom stereocenters. The van der Waals surface area contributed by atoms with E-state index in [9.17, 15) is 4.79 Å². The van der Waals surface area contributed by atoms with Crippen LogP contribution < -0.4 is 10.1 Å². The van der Waals surface area contributed by atoms with E-state index in [0.29, 0.717) is 34.4 Å². The van der Waals surface area contributed by atoms with Crippen LogP contribution in [0.1, 0.15) is 21.7 Å². The lowest BCUT2D eigenvalue weighted by molar-refractivity contribution is 0.0944. The van der Waals surface area contributed by atoms with Crippen molar-refractivity contribution in [2.75, 3.05) is 7.11 Å². The molecule has 0 aliphatic rings. The third-order valence-corrected chi connectivity index (χ3v) is 3.99. The first-order valence-corrected chi connectivity index (χ1v) is 7.53. The predicted octanol–water partition coefficient (Wildman–Crippen LogP) is 3.23. The Kier molecular flexibility index (Phi) is 4.21. The Bertz CT molecular complexity index is 873. The largest absolute Gasteiger partial charge is 0.493 e. The molecule has 1 aromatic carbocycles. The number of imidazole rings is 1. The van der Waals surface area contributed by atoms with Gasteiger partial charge in [-0.25, -0.2) is 4.98 Å². The fourth-order valence-electron chi connectivity index (χ4n) is 2.49. The second kappa shape index (κ2) is 6.30. The standard InChI is InChI=1S/C17H16ClN3O2/c1-11-15(21-9-5-8-14(23-2)16(21)20-11)17(22)19-10-12-6-3-4-7-13(12)18/h3-9H,10H2,1-2H3,(H,19,22). The number of amides is 1. The maximum atomic E-state index is 12.6. The van der Waals surface area contributed by atoms with E-state index in [1.165, 1.54) is 0 Å². The number of carbonyl (C=O) groups excluding carboxylic acids is 1. The van der Waals surface area contributed by atoms with Crippen LogP contribution in [0.5, 0.6) is 5.75 Å². The molecule has 0 aliphatic carbocycles. The highest BCUT2D eigenvalue weighted by Crippen LogP contribution is 2.22. The summed E-state index contributed by atoms with van der Waals surface area (Å²) in [6, 6.07) is 11.1. The van der Waals surface area contributed by atoms with Gasteiger partial charge in [0.1, 0.15) is 5.69 Å². The van der Waals surface area contributed by atoms with E-state index in [1.54, 1.807) is 30.7 Å². The number of halogens is 1. The van der Waals surface area contributed by atoms with Crippen molar-refractivity contribution in [1.29, 1.82) is 0 Å². The number of methoxy groups -OCH3 is 1. The Hall–Kier alpha value is -2.53. The third kappa shape index (κ3) is 2.87. The average Bonchev–Trinajstić information content (AvgIpc) is 2.89. The maximum Gasteiger partial charge on any atom is 0.270 e. The lowest BCUT2D eigenvalue weighted by Gasteiger charge is -2.08. The summed E-state index contributed by atoms with van der Waals surface area (Å²) < 4.78 is 7.02. The molecule has 6 heteroatoms. The van der Waals surface area contributed by atoms with Gasteiger partial charge in [0, 0.05) is 17.8 Å². The molecule has 0 saturated carbocycles. The van der Waals surface area contributed by atoms with E-state index in [1.807, 2.05) is 30.3 Å². The number of aromatic nitrogens is 2. The number of carbonyl (C=O) groups is 1. The predicted molar refractivity (Wildman–Crippen MR) is 89.1 cm³/mol. The van der Waals surface area contributed by atoms with Gasteiger partial charge in [-0.1, -0.05) is 29.8 Å². The minimum Gasteiger partial charge on any atom is -0.493 e. The normalized spacial score (nSPS) is 10.7. The minimum atomic E-state index is -0.205. The first-order chi connectivity index (χ1) is 11.1. The number of hydrogen-bond donors (Lipinski definition) is 1. The van der Waals surface area contributed by atoms with E-state index < -0.39 is 0 Å². The number of rotatable bonds is 4. The summed E-state index contributed by atoms with van der Waals surface area (Å²) in [5, 5.41) is 3.52. The van der Waals surface area contributed by atoms with Gasteiger partial charge in [-0.15, -0.1) is 0 Å². The van der Waals surface area contributed by atoms with Crippen LogP contribution in [0.4, 0.5) is 0 Å². The van der Waals surface area contributed by atoms with Crippen LogP contribution in [0, 0.1) is 6.92 Å². The van der Waals surface area contributed by atoms with E-state index in [2.05, 4.69) is 10.3 Å². The molecular formula is C17H16ClN3O2. The molecule has 0 bridgehead atoms. The molecule has 2 aromatic heterocycles. The van der Waals surface area contributed by atoms with Gasteiger partial charge in [-0.3, -0.25) is 9.20 Å². The van der Waals surface area contributed by atoms with Crippen LogP contribution in [0.2, 0.25) is 5.02 Å². The van der Waals surface area contributed by atoms with E-state index in [4.69, 9.17) is 16.3 Å². The zero-order valence-electron chi connectivity index (χ0n) is 12.8. The summed E-state index contributed by atoms with van der Waals surface area (Å²) in [5.41, 5.74) is 2.62. The molecule has 2 heterocycles. The number of hydrogen-bond acceptors (Lipinski definition) is 3. The first-order valence-electron chi connectivity index (χ1n) is 7.15. The maximum absolute atomic E-state index is 12.6. The van der Waals surface area contributed by atoms with Crippen molar-refractivity contribution in [2.24, 2.45) is 0 Å². The highest BCUT2D eigenvalue weighted by atomic mass is 35.5. The van der Waals surface area contributed by atoms with Crippen LogP contribution in [0.25, 0.3) is 5.65 Å². The van der Waals surface area contributed by atoms with Crippen molar-refractivity contribution in [2.45, 2.75) is 13.5 Å². The van der Waals surface area contributed by atoms with Crippen molar-refractivity contribution in [3.63, 3.8) is 0 Å². The molecule has 5 nitrogen and oxygen atoms in total. The molecule has 3 rings (SSSR count). The molecule has 0 spiro atoms. The quantitative estimate of drug-likeness (QED) is 0.799. The van der Waals surface area contributed by atoms with Gasteiger partial charge in [0.2, 0.25) is 0 Å². The zero-order chi connectivity index (χ0) is 16.4. The molecule has 3 aromatic rings. The van der Waals surface area contributed by atoms with E-state index in [-0.39, 0.29) is 5.91 Å². The Morgan fingerprint density at radius 1 is 1.30 bits per heavy atom. The summed E-state index contributed by atoms with van der Waals surface area (Å²) in [7, 11) is 1.58. The van der Waals surface area contributed by atoms with Crippen LogP contribution in [-0.2, 0) is 6.54 Å². The smallest absolute Gasteiger partial charge is 0.270 e. The number of pyridine rings is 1. The monoisotopic (exact) mass is 329 g/mol. The SMILES string of the molecule is COc1cccn2c(C(=O)NCc3ccccc3Cl)c(C)nc12. The van der Waals surface area contributed by atoms with Gasteiger partial charge in [-0.05, 0) is 30.7 Å². The molecule has 1 amide bonds. The second-order valence-electron chi connectivity index (χ2n) is 5.09. The zero-order valence-corrected chi connectivity index (χ0v) is 13.6. The summed E-state index contributed by atoms with van der Waals surface area (Å²) in [4.78, 5) is 17.0. The molecular weight excluding hydrogens is 314 g/mol. The van der Waals surface area contributed by atoms with Gasteiger partial charge in [0.25, 0.3) is 5.91 Å². The Morgan fingerprint density at radius 2 is 2.09 bits per heavy atom. The van der Waals surface area contributed by atoms with Crippen LogP contribution in [0.15, 0.2) is 42.6 Å². The molecule has 1 N–H and O–H groups in total. The van der Waals surface area contributed by atoms with Crippen molar-refractivity contribution in [1.82, 2.24) is 14.7 Å². The molecule has 23 heavy (non-hydrogen) atoms. The topological polar surface area (TPSA) is 55.6 Å². The second-order valence-corrected chi connectivity index (χ2v) is 5.50. The fourth-order valence-corrected chi connectivity index (χ4v) is 2.69. The number of nitrogens with one attached hydrogen (secondary N) is 1. The summed E-state index contributed by atoms with van der Waals surface area (Å²) in [5.74, 6) is 0.420. The lowest BCUT2D eigenvalue weighted by atomic mass is 10.2. The van der Waals surface area contributed by atoms with Crippen LogP contribution in [0.3, 0.4) is 0 Å². The van der Waals surface area contributed by atoms with Gasteiger partial charge in [0.05, 0.1) is 12.8 Å². The Morgan fingerprint density at radius 3 is 2.83 bits per heavy atom. The molecule has 0 radical (unpaired) electrons. The minimum absolute atomic E-state index is 0.205. The Balaban J connectivity index is 1.89. The number of fused-ring (bicyclic) bond motifs is 1. The number of aryl methyl sites for hydroxylation is 1. The third-order valence-electron chi connectivity index (χ3n) is 3.62. The van der Waals surface area contributed by atoms with Gasteiger partial charge < -0.3 is 10.1 Å². The van der Waals surface area contributed by atoms with Crippen LogP contribution >= 0.6 is 11.6 Å². The summed E-state index contributed by atoms with van der Waals surface area (Å²) in [6.07, 6.45) is 1.79. The van der Waals surface area contributed by atoms with Crippen molar-refractivity contribution < 1.29 is 9.53 Å². The Labute approximate surface area is 138 Å². The number of nitrogens with zero attached hydrogens (tertiary/aromatic N) is 2. The lowest BCUT2D eigenvalue weighted by Crippen LogP contribution is -2.25. The van der Waals surface area contributed by atoms with Crippen molar-refractivity contribution in [3.05, 3.63) is 64.6 Å². The number of benzene rings is 1. The highest BCUT2D eigenvalue weighted by Gasteiger charge is 2.18. The van der Waals surface area contributed by atoms with E-state index >= 15 is 0 Å². The molecule has 0 unspecified atom stereocenters. The summed E-state index contributed by atoms with van der Waals surface area (Å²) >= 11 is 6.11. The molecule has 0 aliphatic heterocycles. The van der Waals surface area contributed by atoms with Crippen molar-refractivity contribution >= 4 is 23.2 Å². The van der Waals surface area contributed by atoms with Crippen molar-refractivity contribution in [3.8, 4) is 5.75 Å². The van der Waals surface area contributed by atoms with Crippen LogP contribution in [-0.4, -0.2) is 22.4 Å². The van der Waals surface area contributed by atoms with E-state index in [0.717, 1.165) is 5.56 Å². The van der Waals surface area contributed by atoms with Gasteiger partial charge >= 0.3 is 0 Å². The van der Waals surface area contributed by atoms with Gasteiger partial charge in [0.15, 0.2) is 11.4 Å². The van der Waals surface area contributed by atoms with Gasteiger partial charge in [-0.2, -0.15) is 0 Å². The first kappa shape index (κ1) is 15.4. The highest BCUT2D eigenvalue weighted by molar-refractivity contribution is 6.31. The number of ether oxygens (including phenoxy) is 1. The molecule has 118 valence electrons.